The average molecular weight is 216 g/mol. The molecule has 2 N–H and O–H groups in total. The van der Waals surface area contributed by atoms with Gasteiger partial charge in [-0.2, -0.15) is 0 Å². The Kier molecular flexibility index (Phi) is 5.76. The van der Waals surface area contributed by atoms with Crippen LogP contribution < -0.4 is 56.8 Å². The zero-order valence-corrected chi connectivity index (χ0v) is 9.88. The Morgan fingerprint density at radius 2 is 1.62 bits per heavy atom. The predicted octanol–water partition coefficient (Wildman–Crippen LogP) is -3.10. The van der Waals surface area contributed by atoms with Crippen LogP contribution in [-0.4, -0.2) is 17.2 Å². The summed E-state index contributed by atoms with van der Waals surface area (Å²) in [4.78, 5) is 0. The fraction of sp³-hybridized carbons (Fsp3) is 0. The van der Waals surface area contributed by atoms with Gasteiger partial charge in [0.05, 0.1) is 0 Å². The summed E-state index contributed by atoms with van der Waals surface area (Å²) in [5.74, 6) is -4.65. The Hall–Kier alpha value is 0.631. The fourth-order valence-corrected chi connectivity index (χ4v) is 0.740. The molecular formula is C6H5BF3KO2. The summed E-state index contributed by atoms with van der Waals surface area (Å²) < 4.78 is 37.2. The Bertz CT molecular complexity index is 313. The Morgan fingerprint density at radius 1 is 1.08 bits per heavy atom. The SMILES string of the molecule is OB(O)c1ccc(F)c(F)c1F.[H-].[K+]. The molecule has 7 heteroatoms. The van der Waals surface area contributed by atoms with Crippen LogP contribution in [0.1, 0.15) is 1.43 Å². The van der Waals surface area contributed by atoms with E-state index in [1.54, 1.807) is 0 Å². The van der Waals surface area contributed by atoms with Gasteiger partial charge in [0.25, 0.3) is 0 Å². The average Bonchev–Trinajstić information content (AvgIpc) is 2.00. The number of hydrogen-bond donors (Lipinski definition) is 2. The minimum absolute atomic E-state index is 0. The molecule has 13 heavy (non-hydrogen) atoms. The van der Waals surface area contributed by atoms with Crippen LogP contribution >= 0.6 is 0 Å². The van der Waals surface area contributed by atoms with Crippen molar-refractivity contribution in [1.82, 2.24) is 0 Å². The molecule has 0 atom stereocenters. The molecule has 0 radical (unpaired) electrons. The molecule has 1 aromatic rings. The van der Waals surface area contributed by atoms with Crippen molar-refractivity contribution >= 4 is 12.6 Å². The summed E-state index contributed by atoms with van der Waals surface area (Å²) in [6.45, 7) is 0. The first-order valence-electron chi connectivity index (χ1n) is 3.03. The Balaban J connectivity index is 0. The zero-order valence-electron chi connectivity index (χ0n) is 7.76. The van der Waals surface area contributed by atoms with Crippen molar-refractivity contribution in [2.75, 3.05) is 0 Å². The quantitative estimate of drug-likeness (QED) is 0.385. The summed E-state index contributed by atoms with van der Waals surface area (Å²) in [6, 6.07) is 1.38. The second kappa shape index (κ2) is 5.50. The molecule has 1 aromatic carbocycles. The van der Waals surface area contributed by atoms with E-state index in [9.17, 15) is 13.2 Å². The van der Waals surface area contributed by atoms with Gasteiger partial charge >= 0.3 is 58.5 Å². The van der Waals surface area contributed by atoms with Crippen molar-refractivity contribution in [1.29, 1.82) is 0 Å². The van der Waals surface area contributed by atoms with Gasteiger partial charge in [-0.1, -0.05) is 6.07 Å². The molecule has 0 aromatic heterocycles. The van der Waals surface area contributed by atoms with E-state index in [1.807, 2.05) is 0 Å². The Morgan fingerprint density at radius 3 is 2.08 bits per heavy atom. The third-order valence-corrected chi connectivity index (χ3v) is 1.34. The van der Waals surface area contributed by atoms with Crippen LogP contribution in [0.25, 0.3) is 0 Å². The molecule has 0 aliphatic rings. The monoisotopic (exact) mass is 216 g/mol. The predicted molar refractivity (Wildman–Crippen MR) is 37.3 cm³/mol. The van der Waals surface area contributed by atoms with E-state index < -0.39 is 30.0 Å². The molecule has 0 aliphatic carbocycles. The van der Waals surface area contributed by atoms with Crippen LogP contribution in [0.4, 0.5) is 13.2 Å². The summed E-state index contributed by atoms with van der Waals surface area (Å²) in [5, 5.41) is 16.9. The van der Waals surface area contributed by atoms with Gasteiger partial charge in [0.1, 0.15) is 0 Å². The standard InChI is InChI=1S/C6H4BF3O2.K.H/c8-4-2-1-3(7(11)12)5(9)6(4)10;;/h1-2,11-12H;;/q;+1;-1. The van der Waals surface area contributed by atoms with Gasteiger partial charge in [-0.3, -0.25) is 0 Å². The van der Waals surface area contributed by atoms with Crippen LogP contribution in [0.5, 0.6) is 0 Å². The zero-order chi connectivity index (χ0) is 9.30. The maximum atomic E-state index is 12.6. The van der Waals surface area contributed by atoms with E-state index in [0.29, 0.717) is 6.07 Å². The number of halogens is 3. The number of hydrogen-bond acceptors (Lipinski definition) is 2. The second-order valence-electron chi connectivity index (χ2n) is 2.14. The molecule has 0 unspecified atom stereocenters. The second-order valence-corrected chi connectivity index (χ2v) is 2.14. The normalized spacial score (nSPS) is 9.31. The number of benzene rings is 1. The third-order valence-electron chi connectivity index (χ3n) is 1.34. The molecular weight excluding hydrogens is 211 g/mol. The van der Waals surface area contributed by atoms with Crippen LogP contribution in [0.3, 0.4) is 0 Å². The van der Waals surface area contributed by atoms with Gasteiger partial charge in [-0.05, 0) is 6.07 Å². The van der Waals surface area contributed by atoms with E-state index in [0.717, 1.165) is 6.07 Å². The van der Waals surface area contributed by atoms with Crippen LogP contribution in [0.15, 0.2) is 12.1 Å². The van der Waals surface area contributed by atoms with Gasteiger partial charge in [0, 0.05) is 5.46 Å². The molecule has 66 valence electrons. The molecule has 0 saturated heterocycles. The Labute approximate surface area is 117 Å². The fourth-order valence-electron chi connectivity index (χ4n) is 0.740. The van der Waals surface area contributed by atoms with E-state index in [2.05, 4.69) is 0 Å². The topological polar surface area (TPSA) is 40.5 Å². The van der Waals surface area contributed by atoms with Crippen LogP contribution in [0.2, 0.25) is 0 Å². The molecule has 0 saturated carbocycles. The van der Waals surface area contributed by atoms with E-state index in [1.165, 1.54) is 0 Å². The molecule has 0 heterocycles. The van der Waals surface area contributed by atoms with Crippen molar-refractivity contribution in [3.05, 3.63) is 29.6 Å². The van der Waals surface area contributed by atoms with Crippen molar-refractivity contribution in [2.24, 2.45) is 0 Å². The largest absolute Gasteiger partial charge is 1.00 e. The molecule has 0 aliphatic heterocycles. The maximum Gasteiger partial charge on any atom is 1.00 e. The molecule has 1 rings (SSSR count). The molecule has 0 spiro atoms. The van der Waals surface area contributed by atoms with E-state index in [4.69, 9.17) is 10.0 Å². The minimum Gasteiger partial charge on any atom is -1.00 e. The van der Waals surface area contributed by atoms with Crippen molar-refractivity contribution in [3.63, 3.8) is 0 Å². The van der Waals surface area contributed by atoms with Gasteiger partial charge in [-0.15, -0.1) is 0 Å². The molecule has 2 nitrogen and oxygen atoms in total. The summed E-state index contributed by atoms with van der Waals surface area (Å²) in [6.07, 6.45) is 0. The molecule has 0 amide bonds. The first-order chi connectivity index (χ1) is 5.54. The maximum absolute atomic E-state index is 12.6. The van der Waals surface area contributed by atoms with Gasteiger partial charge in [-0.25, -0.2) is 13.2 Å². The summed E-state index contributed by atoms with van der Waals surface area (Å²) in [7, 11) is -2.14. The van der Waals surface area contributed by atoms with Gasteiger partial charge in [0.15, 0.2) is 17.5 Å². The van der Waals surface area contributed by atoms with Gasteiger partial charge < -0.3 is 11.5 Å². The van der Waals surface area contributed by atoms with Crippen molar-refractivity contribution in [3.8, 4) is 0 Å². The smallest absolute Gasteiger partial charge is 1.00 e. The number of rotatable bonds is 1. The van der Waals surface area contributed by atoms with Crippen LogP contribution in [-0.2, 0) is 0 Å². The minimum atomic E-state index is -2.14. The van der Waals surface area contributed by atoms with Crippen molar-refractivity contribution in [2.45, 2.75) is 0 Å². The van der Waals surface area contributed by atoms with Crippen molar-refractivity contribution < 1.29 is 76.0 Å². The summed E-state index contributed by atoms with van der Waals surface area (Å²) >= 11 is 0. The summed E-state index contributed by atoms with van der Waals surface area (Å²) in [5.41, 5.74) is -0.686. The van der Waals surface area contributed by atoms with Crippen LogP contribution in [0, 0.1) is 17.5 Å². The molecule has 0 bridgehead atoms. The van der Waals surface area contributed by atoms with E-state index in [-0.39, 0.29) is 52.8 Å². The van der Waals surface area contributed by atoms with E-state index >= 15 is 0 Å². The third kappa shape index (κ3) is 3.05. The first kappa shape index (κ1) is 13.6. The molecule has 0 fully saturated rings. The van der Waals surface area contributed by atoms with Gasteiger partial charge in [0.2, 0.25) is 0 Å². The first-order valence-corrected chi connectivity index (χ1v) is 3.03.